The largest absolute Gasteiger partial charge is 0.465 e. The summed E-state index contributed by atoms with van der Waals surface area (Å²) in [5.74, 6) is -1.35. The zero-order valence-corrected chi connectivity index (χ0v) is 16.9. The van der Waals surface area contributed by atoms with E-state index in [-0.39, 0.29) is 42.8 Å². The molecule has 0 aliphatic carbocycles. The number of rotatable bonds is 6. The molecule has 1 aromatic carbocycles. The average Bonchev–Trinajstić information content (AvgIpc) is 2.40. The molecular weight excluding hydrogens is 338 g/mol. The maximum absolute atomic E-state index is 12.1. The summed E-state index contributed by atoms with van der Waals surface area (Å²) in [5.41, 5.74) is -1.18. The van der Waals surface area contributed by atoms with E-state index in [9.17, 15) is 9.59 Å². The minimum absolute atomic E-state index is 0. The molecule has 0 heterocycles. The van der Waals surface area contributed by atoms with Crippen molar-refractivity contribution in [2.45, 2.75) is 19.5 Å². The molecule has 0 aliphatic rings. The quantitative estimate of drug-likeness (QED) is 0.277. The maximum atomic E-state index is 12.1. The van der Waals surface area contributed by atoms with Gasteiger partial charge in [0.25, 0.3) is 0 Å². The second-order valence-electron chi connectivity index (χ2n) is 3.87. The number of thiol groups is 1. The van der Waals surface area contributed by atoms with Crippen LogP contribution in [0.1, 0.15) is 13.8 Å². The monoisotopic (exact) mass is 355 g/mol. The van der Waals surface area contributed by atoms with E-state index >= 15 is 0 Å². The maximum Gasteiger partial charge on any atom is 0.326 e. The zero-order chi connectivity index (χ0) is 15.2. The first-order valence-electron chi connectivity index (χ1n) is 6.16. The first-order valence-corrected chi connectivity index (χ1v) is 10.2. The molecule has 21 heavy (non-hydrogen) atoms. The number of hydrogen-bond donors (Lipinski definition) is 1. The van der Waals surface area contributed by atoms with Gasteiger partial charge >= 0.3 is 11.9 Å². The van der Waals surface area contributed by atoms with Gasteiger partial charge in [0.1, 0.15) is 0 Å². The minimum atomic E-state index is -2.75. The van der Waals surface area contributed by atoms with E-state index in [2.05, 4.69) is 12.2 Å². The molecule has 0 aromatic heterocycles. The van der Waals surface area contributed by atoms with Crippen molar-refractivity contribution in [2.24, 2.45) is 0 Å². The van der Waals surface area contributed by atoms with Crippen LogP contribution >= 0.6 is 17.5 Å². The van der Waals surface area contributed by atoms with Gasteiger partial charge in [0, 0.05) is 29.6 Å². The normalized spacial score (nSPS) is 13.0. The van der Waals surface area contributed by atoms with Crippen molar-refractivity contribution in [2.75, 3.05) is 13.2 Å². The molecule has 0 aliphatic heterocycles. The molecule has 0 bridgehead atoms. The summed E-state index contributed by atoms with van der Waals surface area (Å²) in [5, 5.41) is -2.06. The summed E-state index contributed by atoms with van der Waals surface area (Å²) in [6, 6.07) is 8.94. The number of carbonyl (C=O) groups excluding carboxylic acids is 2. The molecule has 0 saturated carbocycles. The van der Waals surface area contributed by atoms with E-state index in [0.717, 1.165) is 0 Å². The van der Waals surface area contributed by atoms with Crippen LogP contribution in [0.25, 0.3) is 0 Å². The predicted octanol–water partition coefficient (Wildman–Crippen LogP) is 1.75. The van der Waals surface area contributed by atoms with Gasteiger partial charge < -0.3 is 9.47 Å². The molecule has 111 valence electrons. The Kier molecular flexibility index (Phi) is 10.1. The smallest absolute Gasteiger partial charge is 0.326 e. The fourth-order valence-electron chi connectivity index (χ4n) is 1.62. The van der Waals surface area contributed by atoms with Crippen molar-refractivity contribution in [1.82, 2.24) is 0 Å². The van der Waals surface area contributed by atoms with Crippen molar-refractivity contribution >= 4 is 76.1 Å². The first-order chi connectivity index (χ1) is 9.45. The molecule has 0 fully saturated rings. The standard InChI is InChI=1S/C13H17O4PS2.Na/c1-3-16-12(14)11(13(15)17-4-2)18(19,20)10-8-6-5-7-9-10;/h5-9,11H,3-4H2,1-2H3,(H,19,20);. The number of ether oxygens (including phenoxy) is 2. The van der Waals surface area contributed by atoms with Crippen LogP contribution in [-0.4, -0.2) is 60.4 Å². The van der Waals surface area contributed by atoms with Gasteiger partial charge in [-0.15, -0.1) is 12.2 Å². The van der Waals surface area contributed by atoms with Crippen LogP contribution in [0.5, 0.6) is 0 Å². The molecule has 4 nitrogen and oxygen atoms in total. The van der Waals surface area contributed by atoms with Crippen molar-refractivity contribution in [3.8, 4) is 0 Å². The molecule has 1 aromatic rings. The Hall–Kier alpha value is 0.160. The zero-order valence-electron chi connectivity index (χ0n) is 12.3. The third kappa shape index (κ3) is 5.70. The van der Waals surface area contributed by atoms with Crippen LogP contribution in [0.4, 0.5) is 0 Å². The summed E-state index contributed by atoms with van der Waals surface area (Å²) < 4.78 is 9.90. The van der Waals surface area contributed by atoms with Crippen molar-refractivity contribution in [1.29, 1.82) is 0 Å². The molecule has 8 heteroatoms. The number of esters is 2. The topological polar surface area (TPSA) is 52.6 Å². The van der Waals surface area contributed by atoms with Crippen molar-refractivity contribution < 1.29 is 19.1 Å². The Morgan fingerprint density at radius 3 is 1.95 bits per heavy atom. The molecule has 0 N–H and O–H groups in total. The van der Waals surface area contributed by atoms with Crippen molar-refractivity contribution in [3.63, 3.8) is 0 Å². The van der Waals surface area contributed by atoms with Crippen LogP contribution in [0.3, 0.4) is 0 Å². The minimum Gasteiger partial charge on any atom is -0.465 e. The van der Waals surface area contributed by atoms with E-state index in [1.54, 1.807) is 38.1 Å². The summed E-state index contributed by atoms with van der Waals surface area (Å²) in [6.45, 7) is 3.69. The first kappa shape index (κ1) is 21.2. The predicted molar refractivity (Wildman–Crippen MR) is 92.2 cm³/mol. The molecule has 1 radical (unpaired) electrons. The molecule has 0 amide bonds. The van der Waals surface area contributed by atoms with Crippen LogP contribution in [0.15, 0.2) is 30.3 Å². The molecule has 1 atom stereocenters. The van der Waals surface area contributed by atoms with E-state index in [1.807, 2.05) is 6.07 Å². The van der Waals surface area contributed by atoms with E-state index in [1.165, 1.54) is 0 Å². The Balaban J connectivity index is 0.00000400. The summed E-state index contributed by atoms with van der Waals surface area (Å²) in [7, 11) is 0. The average molecular weight is 355 g/mol. The second-order valence-corrected chi connectivity index (χ2v) is 10.6. The Labute approximate surface area is 157 Å². The Bertz CT molecular complexity index is 506. The van der Waals surface area contributed by atoms with Gasteiger partial charge in [0.05, 0.1) is 18.5 Å². The molecular formula is C13H17NaO4PS2. The number of benzene rings is 1. The van der Waals surface area contributed by atoms with Crippen molar-refractivity contribution in [3.05, 3.63) is 30.3 Å². The van der Waals surface area contributed by atoms with Gasteiger partial charge in [-0.05, 0) is 19.2 Å². The van der Waals surface area contributed by atoms with Crippen LogP contribution in [0, 0.1) is 0 Å². The van der Waals surface area contributed by atoms with Crippen LogP contribution < -0.4 is 5.30 Å². The molecule has 1 rings (SSSR count). The molecule has 1 unspecified atom stereocenters. The molecule has 0 saturated heterocycles. The van der Waals surface area contributed by atoms with Gasteiger partial charge in [-0.25, -0.2) is 0 Å². The SMILES string of the molecule is CCOC(=O)C(C(=O)OCC)P(=S)(S)c1ccccc1.[Na]. The Morgan fingerprint density at radius 1 is 1.14 bits per heavy atom. The summed E-state index contributed by atoms with van der Waals surface area (Å²) in [6.07, 6.45) is 0. The molecule has 0 spiro atoms. The van der Waals surface area contributed by atoms with Gasteiger partial charge in [0.2, 0.25) is 0 Å². The van der Waals surface area contributed by atoms with E-state index < -0.39 is 22.8 Å². The van der Waals surface area contributed by atoms with Gasteiger partial charge in [-0.3, -0.25) is 9.59 Å². The van der Waals surface area contributed by atoms with Gasteiger partial charge in [-0.1, -0.05) is 42.1 Å². The summed E-state index contributed by atoms with van der Waals surface area (Å²) >= 11 is 9.95. The third-order valence-electron chi connectivity index (χ3n) is 2.50. The van der Waals surface area contributed by atoms with Crippen LogP contribution in [-0.2, 0) is 30.9 Å². The second kappa shape index (κ2) is 10.0. The number of hydrogen-bond acceptors (Lipinski definition) is 5. The van der Waals surface area contributed by atoms with Crippen LogP contribution in [0.2, 0.25) is 0 Å². The fraction of sp³-hybridized carbons (Fsp3) is 0.385. The van der Waals surface area contributed by atoms with Gasteiger partial charge in [0.15, 0.2) is 5.66 Å². The summed E-state index contributed by atoms with van der Waals surface area (Å²) in [4.78, 5) is 24.1. The van der Waals surface area contributed by atoms with E-state index in [0.29, 0.717) is 5.30 Å². The fourth-order valence-corrected chi connectivity index (χ4v) is 5.08. The number of carbonyl (C=O) groups is 2. The Morgan fingerprint density at radius 2 is 1.57 bits per heavy atom. The third-order valence-corrected chi connectivity index (χ3v) is 7.31. The van der Waals surface area contributed by atoms with E-state index in [4.69, 9.17) is 21.3 Å². The van der Waals surface area contributed by atoms with Gasteiger partial charge in [-0.2, -0.15) is 0 Å².